The van der Waals surface area contributed by atoms with Crippen LogP contribution >= 0.6 is 11.3 Å². The Bertz CT molecular complexity index is 1290. The van der Waals surface area contributed by atoms with E-state index in [0.717, 1.165) is 4.70 Å². The standard InChI is InChI=1S/C21H17FN4O5S/c1-30-10-16(20(28)29)24-19(27)17-9-15(26-31-17)11-3-2-4-13(7-11)23-21-25-14-6-5-12(22)8-18(14)32-21/h2-9,16H,10H2,1H3,(H,23,25)(H,24,27)(H,28,29). The summed E-state index contributed by atoms with van der Waals surface area (Å²) in [4.78, 5) is 27.9. The van der Waals surface area contributed by atoms with Gasteiger partial charge in [-0.3, -0.25) is 4.79 Å². The Hall–Kier alpha value is -3.83. The van der Waals surface area contributed by atoms with E-state index in [0.29, 0.717) is 27.6 Å². The van der Waals surface area contributed by atoms with Crippen molar-refractivity contribution in [1.82, 2.24) is 15.5 Å². The molecule has 0 radical (unpaired) electrons. The molecule has 0 bridgehead atoms. The minimum Gasteiger partial charge on any atom is -0.480 e. The molecular formula is C21H17FN4O5S. The smallest absolute Gasteiger partial charge is 0.328 e. The van der Waals surface area contributed by atoms with E-state index >= 15 is 0 Å². The van der Waals surface area contributed by atoms with Gasteiger partial charge in [-0.1, -0.05) is 28.6 Å². The SMILES string of the molecule is COCC(NC(=O)c1cc(-c2cccc(Nc3nc4ccc(F)cc4s3)c2)no1)C(=O)O. The molecule has 0 saturated carbocycles. The number of thiazole rings is 1. The number of ether oxygens (including phenoxy) is 1. The van der Waals surface area contributed by atoms with E-state index in [1.54, 1.807) is 24.3 Å². The number of aliphatic carboxylic acids is 1. The number of methoxy groups -OCH3 is 1. The number of hydrogen-bond donors (Lipinski definition) is 3. The molecule has 0 aliphatic rings. The lowest BCUT2D eigenvalue weighted by Gasteiger charge is -2.11. The number of benzene rings is 2. The Morgan fingerprint density at radius 2 is 2.09 bits per heavy atom. The van der Waals surface area contributed by atoms with Gasteiger partial charge in [0.1, 0.15) is 11.5 Å². The van der Waals surface area contributed by atoms with Crippen molar-refractivity contribution in [2.75, 3.05) is 19.0 Å². The van der Waals surface area contributed by atoms with Gasteiger partial charge in [-0.05, 0) is 30.3 Å². The summed E-state index contributed by atoms with van der Waals surface area (Å²) in [7, 11) is 1.34. The topological polar surface area (TPSA) is 127 Å². The number of nitrogens with zero attached hydrogens (tertiary/aromatic N) is 2. The van der Waals surface area contributed by atoms with Gasteiger partial charge < -0.3 is 25.0 Å². The maximum atomic E-state index is 13.4. The summed E-state index contributed by atoms with van der Waals surface area (Å²) in [5, 5.41) is 19.1. The minimum absolute atomic E-state index is 0.131. The summed E-state index contributed by atoms with van der Waals surface area (Å²) < 4.78 is 24.0. The van der Waals surface area contributed by atoms with E-state index in [1.807, 2.05) is 6.07 Å². The molecule has 3 N–H and O–H groups in total. The summed E-state index contributed by atoms with van der Waals surface area (Å²) in [6, 6.07) is 11.8. The molecule has 2 aromatic heterocycles. The third-order valence-electron chi connectivity index (χ3n) is 4.43. The third-order valence-corrected chi connectivity index (χ3v) is 5.36. The quantitative estimate of drug-likeness (QED) is 0.367. The van der Waals surface area contributed by atoms with Crippen LogP contribution in [-0.4, -0.2) is 46.9 Å². The molecule has 1 unspecified atom stereocenters. The summed E-state index contributed by atoms with van der Waals surface area (Å²) in [5.41, 5.74) is 2.46. The summed E-state index contributed by atoms with van der Waals surface area (Å²) >= 11 is 1.32. The van der Waals surface area contributed by atoms with E-state index < -0.39 is 17.9 Å². The number of fused-ring (bicyclic) bond motifs is 1. The molecule has 0 aliphatic carbocycles. The van der Waals surface area contributed by atoms with Gasteiger partial charge in [0.05, 0.1) is 16.8 Å². The molecule has 0 saturated heterocycles. The molecule has 2 aromatic carbocycles. The molecule has 0 aliphatic heterocycles. The van der Waals surface area contributed by atoms with Crippen molar-refractivity contribution in [2.24, 2.45) is 0 Å². The highest BCUT2D eigenvalue weighted by atomic mass is 32.1. The van der Waals surface area contributed by atoms with Crippen molar-refractivity contribution in [3.63, 3.8) is 0 Å². The third kappa shape index (κ3) is 4.74. The number of aromatic nitrogens is 2. The molecular weight excluding hydrogens is 439 g/mol. The fourth-order valence-corrected chi connectivity index (χ4v) is 3.83. The Labute approximate surface area is 184 Å². The lowest BCUT2D eigenvalue weighted by atomic mass is 10.1. The zero-order valence-electron chi connectivity index (χ0n) is 16.7. The highest BCUT2D eigenvalue weighted by Crippen LogP contribution is 2.30. The molecule has 1 atom stereocenters. The van der Waals surface area contributed by atoms with Crippen LogP contribution in [0.1, 0.15) is 10.6 Å². The van der Waals surface area contributed by atoms with Gasteiger partial charge in [0.2, 0.25) is 5.76 Å². The van der Waals surface area contributed by atoms with Gasteiger partial charge in [0, 0.05) is 24.4 Å². The molecule has 0 spiro atoms. The summed E-state index contributed by atoms with van der Waals surface area (Å²) in [6.07, 6.45) is 0. The van der Waals surface area contributed by atoms with Crippen LogP contribution in [0.4, 0.5) is 15.2 Å². The monoisotopic (exact) mass is 456 g/mol. The molecule has 1 amide bonds. The number of halogens is 1. The fourth-order valence-electron chi connectivity index (χ4n) is 2.92. The Kier molecular flexibility index (Phi) is 6.10. The van der Waals surface area contributed by atoms with E-state index in [4.69, 9.17) is 14.4 Å². The van der Waals surface area contributed by atoms with Crippen molar-refractivity contribution < 1.29 is 28.3 Å². The van der Waals surface area contributed by atoms with Crippen LogP contribution in [0.15, 0.2) is 53.1 Å². The van der Waals surface area contributed by atoms with Crippen LogP contribution in [0.5, 0.6) is 0 Å². The summed E-state index contributed by atoms with van der Waals surface area (Å²) in [6.45, 7) is -0.186. The predicted molar refractivity (Wildman–Crippen MR) is 116 cm³/mol. The van der Waals surface area contributed by atoms with Gasteiger partial charge in [0.15, 0.2) is 11.2 Å². The highest BCUT2D eigenvalue weighted by Gasteiger charge is 2.23. The van der Waals surface area contributed by atoms with Gasteiger partial charge >= 0.3 is 5.97 Å². The molecule has 9 nitrogen and oxygen atoms in total. The van der Waals surface area contributed by atoms with Crippen molar-refractivity contribution >= 4 is 44.2 Å². The highest BCUT2D eigenvalue weighted by molar-refractivity contribution is 7.22. The van der Waals surface area contributed by atoms with E-state index in [1.165, 1.54) is 36.6 Å². The Morgan fingerprint density at radius 1 is 1.25 bits per heavy atom. The fraction of sp³-hybridized carbons (Fsp3) is 0.143. The van der Waals surface area contributed by atoms with Crippen LogP contribution in [0, 0.1) is 5.82 Å². The van der Waals surface area contributed by atoms with Gasteiger partial charge in [-0.25, -0.2) is 14.2 Å². The van der Waals surface area contributed by atoms with Gasteiger partial charge in [-0.15, -0.1) is 0 Å². The number of carbonyl (C=O) groups is 2. The van der Waals surface area contributed by atoms with Crippen molar-refractivity contribution in [3.05, 3.63) is 60.1 Å². The first-order valence-electron chi connectivity index (χ1n) is 9.36. The second-order valence-electron chi connectivity index (χ2n) is 6.73. The molecule has 4 aromatic rings. The average molecular weight is 456 g/mol. The van der Waals surface area contributed by atoms with E-state index in [9.17, 15) is 14.0 Å². The molecule has 4 rings (SSSR count). The van der Waals surface area contributed by atoms with Crippen LogP contribution in [0.2, 0.25) is 0 Å². The van der Waals surface area contributed by atoms with Crippen LogP contribution in [0.25, 0.3) is 21.5 Å². The maximum absolute atomic E-state index is 13.4. The molecule has 11 heteroatoms. The summed E-state index contributed by atoms with van der Waals surface area (Å²) in [5.74, 6) is -2.40. The number of rotatable bonds is 8. The number of carbonyl (C=O) groups excluding carboxylic acids is 1. The minimum atomic E-state index is -1.23. The van der Waals surface area contributed by atoms with E-state index in [2.05, 4.69) is 20.8 Å². The first kappa shape index (κ1) is 21.4. The second kappa shape index (κ2) is 9.12. The molecule has 164 valence electrons. The number of carboxylic acids is 1. The van der Waals surface area contributed by atoms with Gasteiger partial charge in [-0.2, -0.15) is 0 Å². The van der Waals surface area contributed by atoms with Crippen molar-refractivity contribution in [1.29, 1.82) is 0 Å². The number of hydrogen-bond acceptors (Lipinski definition) is 8. The molecule has 0 fully saturated rings. The first-order valence-corrected chi connectivity index (χ1v) is 10.2. The number of carboxylic acid groups (broad SMARTS) is 1. The normalized spacial score (nSPS) is 11.9. The van der Waals surface area contributed by atoms with Gasteiger partial charge in [0.25, 0.3) is 5.91 Å². The second-order valence-corrected chi connectivity index (χ2v) is 7.76. The Balaban J connectivity index is 1.50. The maximum Gasteiger partial charge on any atom is 0.328 e. The van der Waals surface area contributed by atoms with Crippen LogP contribution < -0.4 is 10.6 Å². The lowest BCUT2D eigenvalue weighted by molar-refractivity contribution is -0.140. The zero-order valence-corrected chi connectivity index (χ0v) is 17.5. The van der Waals surface area contributed by atoms with Crippen molar-refractivity contribution in [3.8, 4) is 11.3 Å². The van der Waals surface area contributed by atoms with E-state index in [-0.39, 0.29) is 18.2 Å². The largest absolute Gasteiger partial charge is 0.480 e. The lowest BCUT2D eigenvalue weighted by Crippen LogP contribution is -2.43. The predicted octanol–water partition coefficient (Wildman–Crippen LogP) is 3.66. The molecule has 2 heterocycles. The first-order chi connectivity index (χ1) is 15.4. The van der Waals surface area contributed by atoms with Crippen LogP contribution in [0.3, 0.4) is 0 Å². The number of anilines is 2. The zero-order chi connectivity index (χ0) is 22.7. The van der Waals surface area contributed by atoms with Crippen molar-refractivity contribution in [2.45, 2.75) is 6.04 Å². The van der Waals surface area contributed by atoms with Crippen LogP contribution in [-0.2, 0) is 9.53 Å². The average Bonchev–Trinajstić information content (AvgIpc) is 3.40. The number of amides is 1. The number of nitrogens with one attached hydrogen (secondary N) is 2. The Morgan fingerprint density at radius 3 is 2.88 bits per heavy atom. The molecule has 32 heavy (non-hydrogen) atoms.